The fourth-order valence-corrected chi connectivity index (χ4v) is 2.47. The number of aromatic nitrogens is 2. The van der Waals surface area contributed by atoms with Crippen LogP contribution >= 0.6 is 0 Å². The fraction of sp³-hybridized carbons (Fsp3) is 0.0625. The molecule has 2 aromatic carbocycles. The molecule has 0 saturated heterocycles. The normalized spacial score (nSPS) is 11.6. The summed E-state index contributed by atoms with van der Waals surface area (Å²) < 4.78 is 40.6. The molecule has 25 heavy (non-hydrogen) atoms. The zero-order valence-corrected chi connectivity index (χ0v) is 12.4. The second-order valence-electron chi connectivity index (χ2n) is 5.17. The number of nitrogens with zero attached hydrogens (tertiary/aromatic N) is 2. The molecule has 0 amide bonds. The first-order chi connectivity index (χ1) is 11.7. The highest BCUT2D eigenvalue weighted by Crippen LogP contribution is 2.30. The minimum atomic E-state index is -4.97. The number of carboxylic acids is 1. The summed E-state index contributed by atoms with van der Waals surface area (Å²) in [5.41, 5.74) is 3.64. The number of alkyl halides is 3. The predicted molar refractivity (Wildman–Crippen MR) is 83.7 cm³/mol. The van der Waals surface area contributed by atoms with E-state index in [-0.39, 0.29) is 21.2 Å². The molecule has 0 atom stereocenters. The Balaban J connectivity index is 2.51. The van der Waals surface area contributed by atoms with Crippen molar-refractivity contribution in [1.82, 2.24) is 9.55 Å². The molecule has 0 fully saturated rings. The summed E-state index contributed by atoms with van der Waals surface area (Å²) in [5.74, 6) is -2.98. The number of fused-ring (bicyclic) bond motifs is 1. The van der Waals surface area contributed by atoms with Crippen LogP contribution in [0.25, 0.3) is 16.6 Å². The van der Waals surface area contributed by atoms with Crippen molar-refractivity contribution in [2.24, 2.45) is 0 Å². The van der Waals surface area contributed by atoms with Crippen LogP contribution in [0, 0.1) is 0 Å². The van der Waals surface area contributed by atoms with Gasteiger partial charge in [-0.15, -0.1) is 0 Å². The number of carboxylic acid groups (broad SMARTS) is 1. The number of hydrogen-bond acceptors (Lipinski definition) is 4. The Morgan fingerprint density at radius 2 is 1.84 bits per heavy atom. The van der Waals surface area contributed by atoms with Crippen molar-refractivity contribution in [2.75, 3.05) is 5.73 Å². The van der Waals surface area contributed by atoms with Crippen molar-refractivity contribution in [3.63, 3.8) is 0 Å². The standard InChI is InChI=1S/C16H10F3N3O3/c17-16(18,19)15-21-11-6-5-8(20)7-10(11)13(23)22(15)12-4-2-1-3-9(12)14(24)25/h1-7H,20H2,(H,24,25). The minimum absolute atomic E-state index is 0.145. The van der Waals surface area contributed by atoms with Gasteiger partial charge in [0.1, 0.15) is 0 Å². The molecule has 0 radical (unpaired) electrons. The van der Waals surface area contributed by atoms with Gasteiger partial charge in [0.15, 0.2) is 0 Å². The van der Waals surface area contributed by atoms with E-state index in [0.29, 0.717) is 0 Å². The van der Waals surface area contributed by atoms with Gasteiger partial charge in [-0.1, -0.05) is 12.1 Å². The lowest BCUT2D eigenvalue weighted by Gasteiger charge is -2.17. The van der Waals surface area contributed by atoms with Gasteiger partial charge >= 0.3 is 12.1 Å². The molecule has 3 aromatic rings. The maximum Gasteiger partial charge on any atom is 0.450 e. The number of carbonyl (C=O) groups is 1. The summed E-state index contributed by atoms with van der Waals surface area (Å²) in [6.45, 7) is 0. The van der Waals surface area contributed by atoms with Gasteiger partial charge in [-0.2, -0.15) is 13.2 Å². The summed E-state index contributed by atoms with van der Waals surface area (Å²) >= 11 is 0. The number of nitrogen functional groups attached to an aromatic ring is 1. The van der Waals surface area contributed by atoms with Gasteiger partial charge in [0.05, 0.1) is 22.2 Å². The molecular weight excluding hydrogens is 339 g/mol. The highest BCUT2D eigenvalue weighted by atomic mass is 19.4. The Hall–Kier alpha value is -3.36. The number of para-hydroxylation sites is 1. The summed E-state index contributed by atoms with van der Waals surface area (Å²) in [6.07, 6.45) is -4.97. The molecule has 128 valence electrons. The number of anilines is 1. The van der Waals surface area contributed by atoms with E-state index in [1.165, 1.54) is 30.3 Å². The lowest BCUT2D eigenvalue weighted by atomic mass is 10.1. The molecule has 9 heteroatoms. The number of aromatic carboxylic acids is 1. The largest absolute Gasteiger partial charge is 0.478 e. The number of benzene rings is 2. The molecule has 0 aliphatic rings. The van der Waals surface area contributed by atoms with E-state index < -0.39 is 34.8 Å². The van der Waals surface area contributed by atoms with Crippen molar-refractivity contribution >= 4 is 22.6 Å². The number of rotatable bonds is 2. The first kappa shape index (κ1) is 16.5. The van der Waals surface area contributed by atoms with Crippen LogP contribution in [0.2, 0.25) is 0 Å². The highest BCUT2D eigenvalue weighted by molar-refractivity contribution is 5.92. The molecule has 1 aromatic heterocycles. The number of hydrogen-bond donors (Lipinski definition) is 2. The van der Waals surface area contributed by atoms with E-state index in [2.05, 4.69) is 4.98 Å². The highest BCUT2D eigenvalue weighted by Gasteiger charge is 2.38. The third-order valence-electron chi connectivity index (χ3n) is 3.52. The summed E-state index contributed by atoms with van der Waals surface area (Å²) in [5, 5.41) is 9.09. The maximum absolute atomic E-state index is 13.5. The Labute approximate surface area is 138 Å². The van der Waals surface area contributed by atoms with Crippen LogP contribution in [0.15, 0.2) is 47.3 Å². The molecule has 1 heterocycles. The molecule has 0 unspecified atom stereocenters. The molecule has 0 aliphatic carbocycles. The summed E-state index contributed by atoms with van der Waals surface area (Å²) in [7, 11) is 0. The van der Waals surface area contributed by atoms with Gasteiger partial charge in [-0.05, 0) is 30.3 Å². The van der Waals surface area contributed by atoms with E-state index in [1.807, 2.05) is 0 Å². The summed E-state index contributed by atoms with van der Waals surface area (Å²) in [4.78, 5) is 27.6. The Bertz CT molecular complexity index is 1060. The van der Waals surface area contributed by atoms with Crippen molar-refractivity contribution in [2.45, 2.75) is 6.18 Å². The zero-order valence-electron chi connectivity index (χ0n) is 12.4. The molecule has 6 nitrogen and oxygen atoms in total. The fourth-order valence-electron chi connectivity index (χ4n) is 2.47. The Morgan fingerprint density at radius 1 is 1.16 bits per heavy atom. The lowest BCUT2D eigenvalue weighted by Crippen LogP contribution is -2.30. The molecule has 3 N–H and O–H groups in total. The van der Waals surface area contributed by atoms with Crippen LogP contribution in [-0.2, 0) is 6.18 Å². The number of nitrogens with two attached hydrogens (primary N) is 1. The smallest absolute Gasteiger partial charge is 0.450 e. The number of halogens is 3. The quantitative estimate of drug-likeness (QED) is 0.693. The van der Waals surface area contributed by atoms with Gasteiger partial charge < -0.3 is 10.8 Å². The predicted octanol–water partition coefficient (Wildman–Crippen LogP) is 2.68. The second kappa shape index (κ2) is 5.62. The third-order valence-corrected chi connectivity index (χ3v) is 3.52. The van der Waals surface area contributed by atoms with Crippen molar-refractivity contribution in [1.29, 1.82) is 0 Å². The van der Waals surface area contributed by atoms with Gasteiger partial charge in [0.2, 0.25) is 5.82 Å². The van der Waals surface area contributed by atoms with Gasteiger partial charge in [0, 0.05) is 5.69 Å². The monoisotopic (exact) mass is 349 g/mol. The maximum atomic E-state index is 13.5. The van der Waals surface area contributed by atoms with Crippen LogP contribution in [-0.4, -0.2) is 20.6 Å². The van der Waals surface area contributed by atoms with E-state index in [9.17, 15) is 27.9 Å². The Kier molecular flexibility index (Phi) is 3.71. The zero-order chi connectivity index (χ0) is 18.4. The summed E-state index contributed by atoms with van der Waals surface area (Å²) in [6, 6.07) is 8.62. The molecule has 3 rings (SSSR count). The van der Waals surface area contributed by atoms with Crippen molar-refractivity contribution < 1.29 is 23.1 Å². The average Bonchev–Trinajstić information content (AvgIpc) is 2.54. The van der Waals surface area contributed by atoms with Crippen LogP contribution in [0.3, 0.4) is 0 Å². The first-order valence-electron chi connectivity index (χ1n) is 6.92. The van der Waals surface area contributed by atoms with Crippen LogP contribution in [0.5, 0.6) is 0 Å². The molecule has 0 aliphatic heterocycles. The van der Waals surface area contributed by atoms with E-state index in [1.54, 1.807) is 0 Å². The van der Waals surface area contributed by atoms with E-state index >= 15 is 0 Å². The van der Waals surface area contributed by atoms with Gasteiger partial charge in [0.25, 0.3) is 5.56 Å². The minimum Gasteiger partial charge on any atom is -0.478 e. The Morgan fingerprint density at radius 3 is 2.48 bits per heavy atom. The van der Waals surface area contributed by atoms with Crippen LogP contribution in [0.1, 0.15) is 16.2 Å². The SMILES string of the molecule is Nc1ccc2nc(C(F)(F)F)n(-c3ccccc3C(=O)O)c(=O)c2c1. The van der Waals surface area contributed by atoms with Crippen molar-refractivity contribution in [3.8, 4) is 5.69 Å². The van der Waals surface area contributed by atoms with E-state index in [0.717, 1.165) is 12.1 Å². The molecular formula is C16H10F3N3O3. The van der Waals surface area contributed by atoms with Gasteiger partial charge in [-0.25, -0.2) is 9.78 Å². The van der Waals surface area contributed by atoms with Crippen molar-refractivity contribution in [3.05, 3.63) is 64.2 Å². The average molecular weight is 349 g/mol. The topological polar surface area (TPSA) is 98.2 Å². The van der Waals surface area contributed by atoms with Crippen LogP contribution in [0.4, 0.5) is 18.9 Å². The lowest BCUT2D eigenvalue weighted by molar-refractivity contribution is -0.146. The molecule has 0 spiro atoms. The molecule has 0 bridgehead atoms. The second-order valence-corrected chi connectivity index (χ2v) is 5.17. The first-order valence-corrected chi connectivity index (χ1v) is 6.92. The molecule has 0 saturated carbocycles. The van der Waals surface area contributed by atoms with Crippen LogP contribution < -0.4 is 11.3 Å². The van der Waals surface area contributed by atoms with E-state index in [4.69, 9.17) is 5.73 Å². The third kappa shape index (κ3) is 2.80. The van der Waals surface area contributed by atoms with Gasteiger partial charge in [-0.3, -0.25) is 9.36 Å².